The van der Waals surface area contributed by atoms with Gasteiger partial charge in [-0.15, -0.1) is 0 Å². The molecule has 0 aromatic heterocycles. The van der Waals surface area contributed by atoms with Gasteiger partial charge in [-0.3, -0.25) is 9.52 Å². The molecule has 1 amide bonds. The Morgan fingerprint density at radius 3 is 2.20 bits per heavy atom. The molecule has 12 heteroatoms. The summed E-state index contributed by atoms with van der Waals surface area (Å²) in [5, 5.41) is 2.81. The van der Waals surface area contributed by atoms with Gasteiger partial charge in [0.25, 0.3) is 15.9 Å². The van der Waals surface area contributed by atoms with Crippen molar-refractivity contribution in [3.8, 4) is 5.75 Å². The molecule has 0 saturated carbocycles. The normalized spacial score (nSPS) is 11.8. The SMILES string of the molecule is CN(C)S(=O)(=O)c1ccc(OCCNC(=O)c2cc(NS(=O)(=O)c3ccccc3)ccc2Cl)cc1. The van der Waals surface area contributed by atoms with Crippen LogP contribution >= 0.6 is 11.6 Å². The van der Waals surface area contributed by atoms with Gasteiger partial charge >= 0.3 is 0 Å². The third kappa shape index (κ3) is 6.73. The smallest absolute Gasteiger partial charge is 0.261 e. The van der Waals surface area contributed by atoms with Crippen LogP contribution in [0, 0.1) is 0 Å². The van der Waals surface area contributed by atoms with Crippen molar-refractivity contribution < 1.29 is 26.4 Å². The molecule has 35 heavy (non-hydrogen) atoms. The zero-order valence-electron chi connectivity index (χ0n) is 18.9. The highest BCUT2D eigenvalue weighted by Crippen LogP contribution is 2.23. The van der Waals surface area contributed by atoms with Crippen molar-refractivity contribution in [3.63, 3.8) is 0 Å². The number of sulfonamides is 2. The molecule has 0 atom stereocenters. The lowest BCUT2D eigenvalue weighted by Crippen LogP contribution is -2.28. The fourth-order valence-electron chi connectivity index (χ4n) is 2.92. The minimum absolute atomic E-state index is 0.0884. The Hall–Kier alpha value is -3.12. The number of anilines is 1. The van der Waals surface area contributed by atoms with Gasteiger partial charge in [0.1, 0.15) is 12.4 Å². The van der Waals surface area contributed by atoms with Gasteiger partial charge in [0, 0.05) is 19.8 Å². The number of hydrogen-bond acceptors (Lipinski definition) is 6. The first kappa shape index (κ1) is 26.5. The Morgan fingerprint density at radius 2 is 1.57 bits per heavy atom. The summed E-state index contributed by atoms with van der Waals surface area (Å²) < 4.78 is 58.3. The number of ether oxygens (including phenoxy) is 1. The van der Waals surface area contributed by atoms with Gasteiger partial charge in [-0.1, -0.05) is 29.8 Å². The number of hydrogen-bond donors (Lipinski definition) is 2. The van der Waals surface area contributed by atoms with Crippen LogP contribution in [-0.4, -0.2) is 54.3 Å². The van der Waals surface area contributed by atoms with Gasteiger partial charge in [0.15, 0.2) is 0 Å². The largest absolute Gasteiger partial charge is 0.492 e. The van der Waals surface area contributed by atoms with Crippen LogP contribution < -0.4 is 14.8 Å². The molecule has 0 bridgehead atoms. The van der Waals surface area contributed by atoms with E-state index in [2.05, 4.69) is 10.0 Å². The Kier molecular flexibility index (Phi) is 8.39. The number of rotatable bonds is 10. The molecule has 0 spiro atoms. The van der Waals surface area contributed by atoms with E-state index < -0.39 is 26.0 Å². The van der Waals surface area contributed by atoms with Gasteiger partial charge in [-0.05, 0) is 54.6 Å². The molecule has 0 unspecified atom stereocenters. The topological polar surface area (TPSA) is 122 Å². The number of amides is 1. The summed E-state index contributed by atoms with van der Waals surface area (Å²) in [4.78, 5) is 12.8. The number of nitrogens with one attached hydrogen (secondary N) is 2. The Morgan fingerprint density at radius 1 is 0.914 bits per heavy atom. The third-order valence-electron chi connectivity index (χ3n) is 4.78. The molecule has 0 radical (unpaired) electrons. The summed E-state index contributed by atoms with van der Waals surface area (Å²) in [6.45, 7) is 0.246. The molecule has 3 rings (SSSR count). The van der Waals surface area contributed by atoms with Crippen molar-refractivity contribution in [1.29, 1.82) is 0 Å². The van der Waals surface area contributed by atoms with E-state index in [-0.39, 0.29) is 39.2 Å². The summed E-state index contributed by atoms with van der Waals surface area (Å²) in [5.74, 6) is -0.0703. The molecule has 3 aromatic rings. The van der Waals surface area contributed by atoms with E-state index >= 15 is 0 Å². The molecule has 0 aliphatic carbocycles. The quantitative estimate of drug-likeness (QED) is 0.383. The minimum Gasteiger partial charge on any atom is -0.492 e. The van der Waals surface area contributed by atoms with Crippen LogP contribution in [0.5, 0.6) is 5.75 Å². The second-order valence-corrected chi connectivity index (χ2v) is 11.7. The van der Waals surface area contributed by atoms with E-state index in [1.54, 1.807) is 18.2 Å². The maximum Gasteiger partial charge on any atom is 0.261 e. The highest BCUT2D eigenvalue weighted by Gasteiger charge is 2.18. The summed E-state index contributed by atoms with van der Waals surface area (Å²) in [6, 6.07) is 18.0. The number of halogens is 1. The number of carbonyl (C=O) groups is 1. The highest BCUT2D eigenvalue weighted by atomic mass is 35.5. The summed E-state index contributed by atoms with van der Waals surface area (Å²) in [5.41, 5.74) is 0.283. The zero-order chi connectivity index (χ0) is 25.6. The van der Waals surface area contributed by atoms with Crippen LogP contribution in [0.15, 0.2) is 82.6 Å². The monoisotopic (exact) mass is 537 g/mol. The molecule has 186 valence electrons. The lowest BCUT2D eigenvalue weighted by molar-refractivity contribution is 0.0947. The van der Waals surface area contributed by atoms with Crippen LogP contribution in [-0.2, 0) is 20.0 Å². The van der Waals surface area contributed by atoms with E-state index in [0.29, 0.717) is 5.75 Å². The minimum atomic E-state index is -3.82. The third-order valence-corrected chi connectivity index (χ3v) is 8.33. The van der Waals surface area contributed by atoms with Gasteiger partial charge in [0.2, 0.25) is 10.0 Å². The fraction of sp³-hybridized carbons (Fsp3) is 0.174. The summed E-state index contributed by atoms with van der Waals surface area (Å²) in [7, 11) is -4.46. The lowest BCUT2D eigenvalue weighted by atomic mass is 10.2. The lowest BCUT2D eigenvalue weighted by Gasteiger charge is -2.13. The first-order valence-electron chi connectivity index (χ1n) is 10.3. The maximum atomic E-state index is 12.6. The zero-order valence-corrected chi connectivity index (χ0v) is 21.3. The molecular formula is C23H24ClN3O6S2. The van der Waals surface area contributed by atoms with Crippen LogP contribution in [0.2, 0.25) is 5.02 Å². The highest BCUT2D eigenvalue weighted by molar-refractivity contribution is 7.92. The van der Waals surface area contributed by atoms with Gasteiger partial charge in [0.05, 0.1) is 26.9 Å². The predicted molar refractivity (Wildman–Crippen MR) is 134 cm³/mol. The fourth-order valence-corrected chi connectivity index (χ4v) is 5.10. The first-order chi connectivity index (χ1) is 16.5. The average molecular weight is 538 g/mol. The van der Waals surface area contributed by atoms with Gasteiger partial charge in [-0.2, -0.15) is 0 Å². The van der Waals surface area contributed by atoms with Crippen molar-refractivity contribution in [2.75, 3.05) is 32.0 Å². The van der Waals surface area contributed by atoms with Crippen molar-refractivity contribution >= 4 is 43.2 Å². The van der Waals surface area contributed by atoms with Crippen molar-refractivity contribution in [1.82, 2.24) is 9.62 Å². The summed E-state index contributed by atoms with van der Waals surface area (Å²) in [6.07, 6.45) is 0. The second-order valence-electron chi connectivity index (χ2n) is 7.48. The maximum absolute atomic E-state index is 12.6. The van der Waals surface area contributed by atoms with E-state index in [0.717, 1.165) is 4.31 Å². The van der Waals surface area contributed by atoms with Gasteiger partial charge < -0.3 is 10.1 Å². The van der Waals surface area contributed by atoms with Crippen molar-refractivity contribution in [2.24, 2.45) is 0 Å². The van der Waals surface area contributed by atoms with E-state index in [9.17, 15) is 21.6 Å². The van der Waals surface area contributed by atoms with Crippen molar-refractivity contribution in [3.05, 3.63) is 83.4 Å². The average Bonchev–Trinajstić information content (AvgIpc) is 2.83. The van der Waals surface area contributed by atoms with Crippen LogP contribution in [0.4, 0.5) is 5.69 Å². The molecule has 0 fully saturated rings. The number of carbonyl (C=O) groups excluding carboxylic acids is 1. The molecular weight excluding hydrogens is 514 g/mol. The Labute approximate surface area is 209 Å². The van der Waals surface area contributed by atoms with Crippen LogP contribution in [0.3, 0.4) is 0 Å². The molecule has 0 heterocycles. The standard InChI is InChI=1S/C23H24ClN3O6S2/c1-27(2)35(31,32)20-11-9-18(10-12-20)33-15-14-25-23(28)21-16-17(8-13-22(21)24)26-34(29,30)19-6-4-3-5-7-19/h3-13,16,26H,14-15H2,1-2H3,(H,25,28). The summed E-state index contributed by atoms with van der Waals surface area (Å²) >= 11 is 6.14. The number of nitrogens with zero attached hydrogens (tertiary/aromatic N) is 1. The van der Waals surface area contributed by atoms with Crippen LogP contribution in [0.1, 0.15) is 10.4 Å². The van der Waals surface area contributed by atoms with E-state index in [1.165, 1.54) is 68.7 Å². The van der Waals surface area contributed by atoms with Crippen LogP contribution in [0.25, 0.3) is 0 Å². The van der Waals surface area contributed by atoms with Crippen molar-refractivity contribution in [2.45, 2.75) is 9.79 Å². The first-order valence-corrected chi connectivity index (χ1v) is 13.6. The van der Waals surface area contributed by atoms with E-state index in [4.69, 9.17) is 16.3 Å². The van der Waals surface area contributed by atoms with E-state index in [1.807, 2.05) is 0 Å². The molecule has 3 aromatic carbocycles. The molecule has 0 saturated heterocycles. The Balaban J connectivity index is 1.58. The number of benzene rings is 3. The Bertz CT molecular complexity index is 1390. The molecule has 9 nitrogen and oxygen atoms in total. The van der Waals surface area contributed by atoms with Gasteiger partial charge in [-0.25, -0.2) is 21.1 Å². The molecule has 0 aliphatic heterocycles. The second kappa shape index (κ2) is 11.1. The molecule has 2 N–H and O–H groups in total. The predicted octanol–water partition coefficient (Wildman–Crippen LogP) is 3.20. The molecule has 0 aliphatic rings.